The molecule has 20 heavy (non-hydrogen) atoms. The molecule has 2 aromatic rings. The van der Waals surface area contributed by atoms with E-state index in [0.717, 1.165) is 16.8 Å². The first-order chi connectivity index (χ1) is 9.28. The normalized spacial score (nSPS) is 9.45. The lowest BCUT2D eigenvalue weighted by atomic mass is 10.2. The number of carbonyl (C=O) groups excluding carboxylic acids is 1. The number of rotatable bonds is 4. The molecule has 0 heterocycles. The zero-order valence-electron chi connectivity index (χ0n) is 11.0. The van der Waals surface area contributed by atoms with Gasteiger partial charge in [-0.15, -0.1) is 12.4 Å². The number of carbonyl (C=O) groups is 1. The van der Waals surface area contributed by atoms with Crippen LogP contribution in [0.2, 0.25) is 0 Å². The third kappa shape index (κ3) is 4.91. The van der Waals surface area contributed by atoms with E-state index in [1.807, 2.05) is 54.6 Å². The first-order valence-corrected chi connectivity index (χ1v) is 6.16. The number of anilines is 1. The molecule has 0 aliphatic carbocycles. The predicted octanol–water partition coefficient (Wildman–Crippen LogP) is 2.89. The monoisotopic (exact) mass is 291 g/mol. The van der Waals surface area contributed by atoms with Crippen molar-refractivity contribution in [3.63, 3.8) is 0 Å². The summed E-state index contributed by atoms with van der Waals surface area (Å²) in [5, 5.41) is 5.57. The molecule has 0 saturated heterocycles. The zero-order valence-corrected chi connectivity index (χ0v) is 11.8. The van der Waals surface area contributed by atoms with Crippen LogP contribution >= 0.6 is 12.4 Å². The van der Waals surface area contributed by atoms with Gasteiger partial charge in [-0.3, -0.25) is 0 Å². The van der Waals surface area contributed by atoms with Crippen LogP contribution in [-0.2, 0) is 13.1 Å². The van der Waals surface area contributed by atoms with Gasteiger partial charge in [-0.05, 0) is 23.3 Å². The van der Waals surface area contributed by atoms with Crippen LogP contribution in [0.1, 0.15) is 11.1 Å². The number of hydrogen-bond donors (Lipinski definition) is 3. The Morgan fingerprint density at radius 3 is 2.20 bits per heavy atom. The average Bonchev–Trinajstić information content (AvgIpc) is 2.47. The minimum atomic E-state index is -0.218. The van der Waals surface area contributed by atoms with Crippen LogP contribution in [0.15, 0.2) is 54.6 Å². The molecule has 4 N–H and O–H groups in total. The number of amides is 2. The third-order valence-electron chi connectivity index (χ3n) is 2.74. The van der Waals surface area contributed by atoms with Gasteiger partial charge in [0.1, 0.15) is 0 Å². The molecule has 0 saturated carbocycles. The van der Waals surface area contributed by atoms with Gasteiger partial charge in [-0.1, -0.05) is 42.5 Å². The highest BCUT2D eigenvalue weighted by molar-refractivity contribution is 5.89. The van der Waals surface area contributed by atoms with Crippen LogP contribution in [0, 0.1) is 0 Å². The molecule has 4 nitrogen and oxygen atoms in total. The fourth-order valence-electron chi connectivity index (χ4n) is 1.68. The Morgan fingerprint density at radius 1 is 0.950 bits per heavy atom. The highest BCUT2D eigenvalue weighted by Crippen LogP contribution is 2.08. The minimum absolute atomic E-state index is 0. The molecule has 0 aliphatic rings. The molecule has 0 aromatic heterocycles. The Bertz CT molecular complexity index is 529. The Labute approximate surface area is 124 Å². The lowest BCUT2D eigenvalue weighted by molar-refractivity contribution is 0.251. The van der Waals surface area contributed by atoms with E-state index in [9.17, 15) is 4.79 Å². The highest BCUT2D eigenvalue weighted by Gasteiger charge is 2.01. The maximum atomic E-state index is 11.7. The summed E-state index contributed by atoms with van der Waals surface area (Å²) in [6.45, 7) is 1.01. The van der Waals surface area contributed by atoms with E-state index in [0.29, 0.717) is 13.1 Å². The van der Waals surface area contributed by atoms with Gasteiger partial charge < -0.3 is 16.4 Å². The summed E-state index contributed by atoms with van der Waals surface area (Å²) in [6.07, 6.45) is 0. The topological polar surface area (TPSA) is 67.1 Å². The minimum Gasteiger partial charge on any atom is -0.334 e. The summed E-state index contributed by atoms with van der Waals surface area (Å²) >= 11 is 0. The summed E-state index contributed by atoms with van der Waals surface area (Å²) in [5.74, 6) is 0. The number of nitrogens with two attached hydrogens (primary N) is 1. The van der Waals surface area contributed by atoms with Gasteiger partial charge in [-0.2, -0.15) is 0 Å². The molecule has 5 heteroatoms. The fourth-order valence-corrected chi connectivity index (χ4v) is 1.68. The SMILES string of the molecule is Cl.NCc1ccc(NC(=O)NCc2ccccc2)cc1. The van der Waals surface area contributed by atoms with Gasteiger partial charge in [0.2, 0.25) is 0 Å². The van der Waals surface area contributed by atoms with Crippen molar-refractivity contribution in [2.45, 2.75) is 13.1 Å². The zero-order chi connectivity index (χ0) is 13.5. The van der Waals surface area contributed by atoms with Crippen molar-refractivity contribution in [3.05, 3.63) is 65.7 Å². The van der Waals surface area contributed by atoms with Crippen molar-refractivity contribution in [2.75, 3.05) is 5.32 Å². The smallest absolute Gasteiger partial charge is 0.319 e. The van der Waals surface area contributed by atoms with Gasteiger partial charge in [0.05, 0.1) is 0 Å². The first kappa shape index (κ1) is 16.0. The lowest BCUT2D eigenvalue weighted by Crippen LogP contribution is -2.28. The summed E-state index contributed by atoms with van der Waals surface area (Å²) in [4.78, 5) is 11.7. The van der Waals surface area contributed by atoms with Crippen molar-refractivity contribution in [2.24, 2.45) is 5.73 Å². The van der Waals surface area contributed by atoms with Gasteiger partial charge in [0, 0.05) is 18.8 Å². The molecule has 2 aromatic carbocycles. The number of hydrogen-bond acceptors (Lipinski definition) is 2. The molecular formula is C15H18ClN3O. The van der Waals surface area contributed by atoms with Gasteiger partial charge >= 0.3 is 6.03 Å². The molecule has 0 fully saturated rings. The van der Waals surface area contributed by atoms with E-state index in [1.54, 1.807) is 0 Å². The van der Waals surface area contributed by atoms with Crippen LogP contribution in [0.25, 0.3) is 0 Å². The first-order valence-electron chi connectivity index (χ1n) is 6.16. The van der Waals surface area contributed by atoms with E-state index in [1.165, 1.54) is 0 Å². The Hall–Kier alpha value is -2.04. The van der Waals surface area contributed by atoms with E-state index < -0.39 is 0 Å². The fraction of sp³-hybridized carbons (Fsp3) is 0.133. The average molecular weight is 292 g/mol. The largest absolute Gasteiger partial charge is 0.334 e. The quantitative estimate of drug-likeness (QED) is 0.811. The molecule has 0 aliphatic heterocycles. The van der Waals surface area contributed by atoms with Gasteiger partial charge in [-0.25, -0.2) is 4.79 Å². The highest BCUT2D eigenvalue weighted by atomic mass is 35.5. The van der Waals surface area contributed by atoms with Crippen molar-refractivity contribution in [3.8, 4) is 0 Å². The molecule has 0 radical (unpaired) electrons. The van der Waals surface area contributed by atoms with Gasteiger partial charge in [0.25, 0.3) is 0 Å². The number of nitrogens with one attached hydrogen (secondary N) is 2. The second-order valence-electron chi connectivity index (χ2n) is 4.19. The van der Waals surface area contributed by atoms with Crippen molar-refractivity contribution >= 4 is 24.1 Å². The van der Waals surface area contributed by atoms with Crippen LogP contribution in [0.3, 0.4) is 0 Å². The standard InChI is InChI=1S/C15H17N3O.ClH/c16-10-12-6-8-14(9-7-12)18-15(19)17-11-13-4-2-1-3-5-13;/h1-9H,10-11,16H2,(H2,17,18,19);1H. The third-order valence-corrected chi connectivity index (χ3v) is 2.74. The van der Waals surface area contributed by atoms with Crippen LogP contribution in [0.5, 0.6) is 0 Å². The second kappa shape index (κ2) is 8.19. The molecule has 2 amide bonds. The molecule has 106 valence electrons. The number of halogens is 1. The van der Waals surface area contributed by atoms with Gasteiger partial charge in [0.15, 0.2) is 0 Å². The molecule has 0 spiro atoms. The van der Waals surface area contributed by atoms with Crippen LogP contribution in [0.4, 0.5) is 10.5 Å². The van der Waals surface area contributed by atoms with Crippen LogP contribution in [-0.4, -0.2) is 6.03 Å². The molecular weight excluding hydrogens is 274 g/mol. The second-order valence-corrected chi connectivity index (χ2v) is 4.19. The van der Waals surface area contributed by atoms with E-state index in [2.05, 4.69) is 10.6 Å². The van der Waals surface area contributed by atoms with Crippen LogP contribution < -0.4 is 16.4 Å². The summed E-state index contributed by atoms with van der Waals surface area (Å²) in [7, 11) is 0. The molecule has 0 unspecified atom stereocenters. The van der Waals surface area contributed by atoms with Crippen molar-refractivity contribution in [1.82, 2.24) is 5.32 Å². The maximum absolute atomic E-state index is 11.7. The van der Waals surface area contributed by atoms with Crippen molar-refractivity contribution < 1.29 is 4.79 Å². The molecule has 0 atom stereocenters. The summed E-state index contributed by atoms with van der Waals surface area (Å²) in [5.41, 5.74) is 8.37. The summed E-state index contributed by atoms with van der Waals surface area (Å²) in [6, 6.07) is 17.0. The lowest BCUT2D eigenvalue weighted by Gasteiger charge is -2.08. The molecule has 2 rings (SSSR count). The number of urea groups is 1. The van der Waals surface area contributed by atoms with E-state index in [4.69, 9.17) is 5.73 Å². The Balaban J connectivity index is 0.00000200. The number of benzene rings is 2. The Kier molecular flexibility index (Phi) is 6.56. The molecule has 0 bridgehead atoms. The van der Waals surface area contributed by atoms with Crippen molar-refractivity contribution in [1.29, 1.82) is 0 Å². The van der Waals surface area contributed by atoms with E-state index >= 15 is 0 Å². The van der Waals surface area contributed by atoms with E-state index in [-0.39, 0.29) is 18.4 Å². The summed E-state index contributed by atoms with van der Waals surface area (Å²) < 4.78 is 0. The predicted molar refractivity (Wildman–Crippen MR) is 83.9 cm³/mol. The maximum Gasteiger partial charge on any atom is 0.319 e. The Morgan fingerprint density at radius 2 is 1.60 bits per heavy atom.